The van der Waals surface area contributed by atoms with Crippen LogP contribution in [0.15, 0.2) is 30.5 Å². The van der Waals surface area contributed by atoms with Gasteiger partial charge in [0, 0.05) is 10.8 Å². The van der Waals surface area contributed by atoms with Crippen molar-refractivity contribution in [3.8, 4) is 0 Å². The fraction of sp³-hybridized carbons (Fsp3) is 0.333. The van der Waals surface area contributed by atoms with E-state index in [1.54, 1.807) is 0 Å². The average molecular weight is 186 g/mol. The van der Waals surface area contributed by atoms with Gasteiger partial charge in [0.1, 0.15) is 0 Å². The van der Waals surface area contributed by atoms with Crippen molar-refractivity contribution < 1.29 is 0 Å². The van der Waals surface area contributed by atoms with E-state index in [2.05, 4.69) is 36.2 Å². The zero-order valence-electron chi connectivity index (χ0n) is 8.57. The van der Waals surface area contributed by atoms with E-state index in [4.69, 9.17) is 0 Å². The topological polar surface area (TPSA) is 25.8 Å². The lowest BCUT2D eigenvalue weighted by Gasteiger charge is -2.06. The van der Waals surface area contributed by atoms with Crippen molar-refractivity contribution in [2.45, 2.75) is 20.3 Å². The molecule has 0 saturated carbocycles. The van der Waals surface area contributed by atoms with Crippen LogP contribution in [-0.2, 0) is 6.42 Å². The predicted molar refractivity (Wildman–Crippen MR) is 58.1 cm³/mol. The molecule has 0 N–H and O–H groups in total. The Morgan fingerprint density at radius 2 is 2.00 bits per heavy atom. The van der Waals surface area contributed by atoms with Gasteiger partial charge in [0.05, 0.1) is 11.9 Å². The summed E-state index contributed by atoms with van der Waals surface area (Å²) in [4.78, 5) is 0. The van der Waals surface area contributed by atoms with Gasteiger partial charge in [-0.25, -0.2) is 0 Å². The van der Waals surface area contributed by atoms with Crippen molar-refractivity contribution in [1.82, 2.24) is 10.2 Å². The highest BCUT2D eigenvalue weighted by Crippen LogP contribution is 2.17. The second-order valence-electron chi connectivity index (χ2n) is 3.98. The van der Waals surface area contributed by atoms with Crippen LogP contribution in [-0.4, -0.2) is 10.2 Å². The van der Waals surface area contributed by atoms with Gasteiger partial charge in [-0.15, -0.1) is 0 Å². The van der Waals surface area contributed by atoms with Crippen molar-refractivity contribution in [3.05, 3.63) is 36.2 Å². The van der Waals surface area contributed by atoms with E-state index in [1.807, 2.05) is 18.3 Å². The van der Waals surface area contributed by atoms with E-state index < -0.39 is 0 Å². The fourth-order valence-corrected chi connectivity index (χ4v) is 1.62. The van der Waals surface area contributed by atoms with Crippen LogP contribution in [0.5, 0.6) is 0 Å². The van der Waals surface area contributed by atoms with Crippen LogP contribution < -0.4 is 0 Å². The maximum atomic E-state index is 4.20. The molecule has 0 aliphatic rings. The molecule has 2 rings (SSSR count). The van der Waals surface area contributed by atoms with Crippen molar-refractivity contribution in [3.63, 3.8) is 0 Å². The lowest BCUT2D eigenvalue weighted by molar-refractivity contribution is 0.632. The van der Waals surface area contributed by atoms with E-state index in [-0.39, 0.29) is 0 Å². The lowest BCUT2D eigenvalue weighted by atomic mass is 10.0. The summed E-state index contributed by atoms with van der Waals surface area (Å²) in [6, 6.07) is 8.27. The Bertz CT molecular complexity index is 430. The van der Waals surface area contributed by atoms with Gasteiger partial charge in [0.25, 0.3) is 0 Å². The molecule has 1 heterocycles. The number of hydrogen-bond donors (Lipinski definition) is 0. The molecule has 0 spiro atoms. The number of aromatic nitrogens is 2. The highest BCUT2D eigenvalue weighted by atomic mass is 15.1. The summed E-state index contributed by atoms with van der Waals surface area (Å²) < 4.78 is 0. The molecule has 2 aromatic rings. The Labute approximate surface area is 84.0 Å². The normalized spacial score (nSPS) is 11.1. The number of fused-ring (bicyclic) bond motifs is 1. The molecule has 0 aliphatic carbocycles. The largest absolute Gasteiger partial charge is 0.158 e. The first-order chi connectivity index (χ1) is 6.77. The van der Waals surface area contributed by atoms with E-state index >= 15 is 0 Å². The number of nitrogens with zero attached hydrogens (tertiary/aromatic N) is 2. The molecule has 2 nitrogen and oxygen atoms in total. The minimum atomic E-state index is 0.620. The quantitative estimate of drug-likeness (QED) is 0.720. The van der Waals surface area contributed by atoms with Crippen LogP contribution in [0.3, 0.4) is 0 Å². The molecule has 0 unspecified atom stereocenters. The van der Waals surface area contributed by atoms with Crippen LogP contribution in [0.25, 0.3) is 10.8 Å². The van der Waals surface area contributed by atoms with E-state index in [9.17, 15) is 0 Å². The van der Waals surface area contributed by atoms with Crippen LogP contribution in [0.2, 0.25) is 0 Å². The summed E-state index contributed by atoms with van der Waals surface area (Å²) in [7, 11) is 0. The average Bonchev–Trinajstić information content (AvgIpc) is 2.18. The molecule has 14 heavy (non-hydrogen) atoms. The number of hydrogen-bond acceptors (Lipinski definition) is 2. The van der Waals surface area contributed by atoms with Crippen molar-refractivity contribution in [2.75, 3.05) is 0 Å². The SMILES string of the molecule is CC(C)Cc1nncc2ccccc12. The monoisotopic (exact) mass is 186 g/mol. The molecule has 0 amide bonds. The van der Waals surface area contributed by atoms with Crippen LogP contribution in [0.4, 0.5) is 0 Å². The Morgan fingerprint density at radius 3 is 2.79 bits per heavy atom. The smallest absolute Gasteiger partial charge is 0.0711 e. The van der Waals surface area contributed by atoms with Gasteiger partial charge < -0.3 is 0 Å². The molecule has 0 aliphatic heterocycles. The summed E-state index contributed by atoms with van der Waals surface area (Å²) in [5.74, 6) is 0.620. The van der Waals surface area contributed by atoms with Gasteiger partial charge in [-0.05, 0) is 12.3 Å². The molecule has 2 heteroatoms. The minimum Gasteiger partial charge on any atom is -0.158 e. The third-order valence-electron chi connectivity index (χ3n) is 2.25. The third-order valence-corrected chi connectivity index (χ3v) is 2.25. The lowest BCUT2D eigenvalue weighted by Crippen LogP contribution is -1.99. The van der Waals surface area contributed by atoms with E-state index in [0.717, 1.165) is 12.1 Å². The van der Waals surface area contributed by atoms with Crippen molar-refractivity contribution in [2.24, 2.45) is 5.92 Å². The summed E-state index contributed by atoms with van der Waals surface area (Å²) >= 11 is 0. The highest BCUT2D eigenvalue weighted by molar-refractivity contribution is 5.83. The Kier molecular flexibility index (Phi) is 2.44. The van der Waals surface area contributed by atoms with Crippen LogP contribution in [0, 0.1) is 5.92 Å². The van der Waals surface area contributed by atoms with Gasteiger partial charge >= 0.3 is 0 Å². The van der Waals surface area contributed by atoms with Crippen molar-refractivity contribution in [1.29, 1.82) is 0 Å². The maximum absolute atomic E-state index is 4.20. The second kappa shape index (κ2) is 3.74. The van der Waals surface area contributed by atoms with Crippen LogP contribution in [0.1, 0.15) is 19.5 Å². The zero-order valence-corrected chi connectivity index (χ0v) is 8.57. The molecule has 0 radical (unpaired) electrons. The number of rotatable bonds is 2. The third kappa shape index (κ3) is 1.74. The van der Waals surface area contributed by atoms with Gasteiger partial charge in [-0.2, -0.15) is 10.2 Å². The molecule has 0 fully saturated rings. The standard InChI is InChI=1S/C12H14N2/c1-9(2)7-12-11-6-4-3-5-10(11)8-13-14-12/h3-6,8-9H,7H2,1-2H3. The maximum Gasteiger partial charge on any atom is 0.0711 e. The zero-order chi connectivity index (χ0) is 9.97. The molecule has 72 valence electrons. The predicted octanol–water partition coefficient (Wildman–Crippen LogP) is 2.83. The summed E-state index contributed by atoms with van der Waals surface area (Å²) in [6.07, 6.45) is 2.81. The second-order valence-corrected chi connectivity index (χ2v) is 3.98. The molecule has 1 aromatic heterocycles. The first-order valence-electron chi connectivity index (χ1n) is 4.96. The highest BCUT2D eigenvalue weighted by Gasteiger charge is 2.04. The van der Waals surface area contributed by atoms with Gasteiger partial charge in [0.2, 0.25) is 0 Å². The van der Waals surface area contributed by atoms with Crippen LogP contribution >= 0.6 is 0 Å². The first kappa shape index (κ1) is 9.13. The van der Waals surface area contributed by atoms with Gasteiger partial charge in [0.15, 0.2) is 0 Å². The molecular weight excluding hydrogens is 172 g/mol. The summed E-state index contributed by atoms with van der Waals surface area (Å²) in [5, 5.41) is 10.6. The minimum absolute atomic E-state index is 0.620. The molecule has 0 saturated heterocycles. The first-order valence-corrected chi connectivity index (χ1v) is 4.96. The van der Waals surface area contributed by atoms with E-state index in [0.29, 0.717) is 5.92 Å². The Morgan fingerprint density at radius 1 is 1.21 bits per heavy atom. The van der Waals surface area contributed by atoms with Crippen molar-refractivity contribution >= 4 is 10.8 Å². The molecule has 1 aromatic carbocycles. The fourth-order valence-electron chi connectivity index (χ4n) is 1.62. The number of benzene rings is 1. The van der Waals surface area contributed by atoms with Gasteiger partial charge in [-0.1, -0.05) is 38.1 Å². The van der Waals surface area contributed by atoms with E-state index in [1.165, 1.54) is 10.8 Å². The molecule has 0 atom stereocenters. The van der Waals surface area contributed by atoms with Gasteiger partial charge in [-0.3, -0.25) is 0 Å². The molecule has 0 bridgehead atoms. The summed E-state index contributed by atoms with van der Waals surface area (Å²) in [6.45, 7) is 4.40. The Hall–Kier alpha value is -1.44. The molecular formula is C12H14N2. The summed E-state index contributed by atoms with van der Waals surface area (Å²) in [5.41, 5.74) is 1.11. The Balaban J connectivity index is 2.53.